The molecule has 1 heterocycles. The lowest BCUT2D eigenvalue weighted by Crippen LogP contribution is -2.40. The van der Waals surface area contributed by atoms with Crippen molar-refractivity contribution in [3.05, 3.63) is 35.4 Å². The van der Waals surface area contributed by atoms with Crippen molar-refractivity contribution in [2.24, 2.45) is 11.7 Å². The van der Waals surface area contributed by atoms with Gasteiger partial charge in [0.1, 0.15) is 11.6 Å². The smallest absolute Gasteiger partial charge is 0.130 e. The molecule has 0 spiro atoms. The number of piperidine rings is 1. The predicted octanol–water partition coefficient (Wildman–Crippen LogP) is 2.70. The maximum absolute atomic E-state index is 13.8. The molecule has 1 aliphatic rings. The highest BCUT2D eigenvalue weighted by Crippen LogP contribution is 2.27. The summed E-state index contributed by atoms with van der Waals surface area (Å²) in [7, 11) is 0. The van der Waals surface area contributed by atoms with Crippen molar-refractivity contribution in [1.82, 2.24) is 4.90 Å². The first kappa shape index (κ1) is 13.4. The van der Waals surface area contributed by atoms with Gasteiger partial charge in [0, 0.05) is 30.8 Å². The van der Waals surface area contributed by atoms with E-state index in [0.717, 1.165) is 25.6 Å². The Kier molecular flexibility index (Phi) is 4.30. The first-order valence-corrected chi connectivity index (χ1v) is 6.51. The number of likely N-dealkylation sites (tertiary alicyclic amines) is 1. The topological polar surface area (TPSA) is 29.3 Å². The summed E-state index contributed by atoms with van der Waals surface area (Å²) in [6.07, 6.45) is 2.32. The van der Waals surface area contributed by atoms with Gasteiger partial charge in [-0.1, -0.05) is 13.0 Å². The van der Waals surface area contributed by atoms with Crippen LogP contribution in [0.4, 0.5) is 8.78 Å². The highest BCUT2D eigenvalue weighted by Gasteiger charge is 2.26. The van der Waals surface area contributed by atoms with Crippen LogP contribution in [0.25, 0.3) is 0 Å². The Labute approximate surface area is 107 Å². The van der Waals surface area contributed by atoms with E-state index in [1.54, 1.807) is 0 Å². The molecule has 0 amide bonds. The number of hydrogen-bond donors (Lipinski definition) is 1. The molecule has 100 valence electrons. The molecular weight excluding hydrogens is 234 g/mol. The highest BCUT2D eigenvalue weighted by atomic mass is 19.1. The summed E-state index contributed by atoms with van der Waals surface area (Å²) in [5.74, 6) is -0.431. The molecule has 1 aromatic carbocycles. The van der Waals surface area contributed by atoms with E-state index >= 15 is 0 Å². The SMILES string of the molecule is CC1CCCN(C(CN)c2ccc(F)cc2F)C1. The van der Waals surface area contributed by atoms with Crippen LogP contribution in [-0.4, -0.2) is 24.5 Å². The first-order valence-electron chi connectivity index (χ1n) is 6.51. The van der Waals surface area contributed by atoms with E-state index in [1.807, 2.05) is 0 Å². The molecule has 2 N–H and O–H groups in total. The van der Waals surface area contributed by atoms with Gasteiger partial charge >= 0.3 is 0 Å². The van der Waals surface area contributed by atoms with E-state index < -0.39 is 11.6 Å². The van der Waals surface area contributed by atoms with Gasteiger partial charge in [0.25, 0.3) is 0 Å². The fourth-order valence-electron chi connectivity index (χ4n) is 2.75. The van der Waals surface area contributed by atoms with Crippen molar-refractivity contribution in [1.29, 1.82) is 0 Å². The van der Waals surface area contributed by atoms with Gasteiger partial charge in [0.2, 0.25) is 0 Å². The average molecular weight is 254 g/mol. The molecule has 2 rings (SSSR count). The monoisotopic (exact) mass is 254 g/mol. The van der Waals surface area contributed by atoms with Crippen LogP contribution in [0.5, 0.6) is 0 Å². The predicted molar refractivity (Wildman–Crippen MR) is 68.1 cm³/mol. The van der Waals surface area contributed by atoms with Gasteiger partial charge < -0.3 is 5.73 Å². The van der Waals surface area contributed by atoms with E-state index in [4.69, 9.17) is 5.73 Å². The molecular formula is C14H20F2N2. The van der Waals surface area contributed by atoms with Crippen LogP contribution in [0, 0.1) is 17.6 Å². The zero-order valence-electron chi connectivity index (χ0n) is 10.7. The van der Waals surface area contributed by atoms with Gasteiger partial charge in [-0.05, 0) is 31.4 Å². The number of nitrogens with two attached hydrogens (primary N) is 1. The quantitative estimate of drug-likeness (QED) is 0.898. The highest BCUT2D eigenvalue weighted by molar-refractivity contribution is 5.22. The Morgan fingerprint density at radius 2 is 2.22 bits per heavy atom. The van der Waals surface area contributed by atoms with Crippen molar-refractivity contribution >= 4 is 0 Å². The zero-order valence-corrected chi connectivity index (χ0v) is 10.7. The van der Waals surface area contributed by atoms with Crippen molar-refractivity contribution < 1.29 is 8.78 Å². The number of rotatable bonds is 3. The molecule has 0 aliphatic carbocycles. The molecule has 0 saturated carbocycles. The van der Waals surface area contributed by atoms with Crippen LogP contribution in [0.2, 0.25) is 0 Å². The van der Waals surface area contributed by atoms with Gasteiger partial charge in [-0.15, -0.1) is 0 Å². The molecule has 1 saturated heterocycles. The molecule has 18 heavy (non-hydrogen) atoms. The van der Waals surface area contributed by atoms with Crippen LogP contribution in [0.15, 0.2) is 18.2 Å². The van der Waals surface area contributed by atoms with E-state index in [1.165, 1.54) is 18.6 Å². The third kappa shape index (κ3) is 2.87. The number of benzene rings is 1. The molecule has 1 aromatic rings. The molecule has 2 unspecified atom stereocenters. The molecule has 1 aliphatic heterocycles. The molecule has 0 aromatic heterocycles. The van der Waals surface area contributed by atoms with Crippen molar-refractivity contribution in [2.45, 2.75) is 25.8 Å². The Morgan fingerprint density at radius 3 is 2.83 bits per heavy atom. The molecule has 2 nitrogen and oxygen atoms in total. The van der Waals surface area contributed by atoms with Crippen molar-refractivity contribution in [2.75, 3.05) is 19.6 Å². The van der Waals surface area contributed by atoms with Crippen LogP contribution in [0.1, 0.15) is 31.4 Å². The Bertz CT molecular complexity index is 409. The zero-order chi connectivity index (χ0) is 13.1. The molecule has 0 radical (unpaired) electrons. The normalized spacial score (nSPS) is 23.0. The van der Waals surface area contributed by atoms with Crippen LogP contribution in [-0.2, 0) is 0 Å². The van der Waals surface area contributed by atoms with E-state index in [2.05, 4.69) is 11.8 Å². The molecule has 0 bridgehead atoms. The van der Waals surface area contributed by atoms with Crippen molar-refractivity contribution in [3.8, 4) is 0 Å². The maximum atomic E-state index is 13.8. The first-order chi connectivity index (χ1) is 8.61. The van der Waals surface area contributed by atoms with E-state index in [0.29, 0.717) is 18.0 Å². The summed E-state index contributed by atoms with van der Waals surface area (Å²) in [6.45, 7) is 4.41. The van der Waals surface area contributed by atoms with Gasteiger partial charge in [-0.3, -0.25) is 4.90 Å². The van der Waals surface area contributed by atoms with E-state index in [9.17, 15) is 8.78 Å². The lowest BCUT2D eigenvalue weighted by molar-refractivity contribution is 0.131. The fourth-order valence-corrected chi connectivity index (χ4v) is 2.75. The Morgan fingerprint density at radius 1 is 1.44 bits per heavy atom. The van der Waals surface area contributed by atoms with Gasteiger partial charge in [0.05, 0.1) is 0 Å². The van der Waals surface area contributed by atoms with Gasteiger partial charge in [-0.25, -0.2) is 8.78 Å². The minimum Gasteiger partial charge on any atom is -0.329 e. The summed E-state index contributed by atoms with van der Waals surface area (Å²) in [6, 6.07) is 3.61. The second-order valence-corrected chi connectivity index (χ2v) is 5.16. The third-order valence-corrected chi connectivity index (χ3v) is 3.67. The molecule has 2 atom stereocenters. The average Bonchev–Trinajstić information content (AvgIpc) is 2.33. The van der Waals surface area contributed by atoms with Crippen LogP contribution < -0.4 is 5.73 Å². The number of halogens is 2. The molecule has 1 fully saturated rings. The van der Waals surface area contributed by atoms with Crippen LogP contribution in [0.3, 0.4) is 0 Å². The lowest BCUT2D eigenvalue weighted by Gasteiger charge is -2.37. The second kappa shape index (κ2) is 5.76. The minimum absolute atomic E-state index is 0.145. The van der Waals surface area contributed by atoms with E-state index in [-0.39, 0.29) is 6.04 Å². The van der Waals surface area contributed by atoms with Crippen LogP contribution >= 0.6 is 0 Å². The van der Waals surface area contributed by atoms with Gasteiger partial charge in [-0.2, -0.15) is 0 Å². The van der Waals surface area contributed by atoms with Crippen molar-refractivity contribution in [3.63, 3.8) is 0 Å². The third-order valence-electron chi connectivity index (χ3n) is 3.67. The Hall–Kier alpha value is -1.00. The lowest BCUT2D eigenvalue weighted by atomic mass is 9.96. The summed E-state index contributed by atoms with van der Waals surface area (Å²) >= 11 is 0. The standard InChI is InChI=1S/C14H20F2N2/c1-10-3-2-6-18(9-10)14(8-17)12-5-4-11(15)7-13(12)16/h4-5,7,10,14H,2-3,6,8-9,17H2,1H3. The maximum Gasteiger partial charge on any atom is 0.130 e. The minimum atomic E-state index is -0.543. The number of hydrogen-bond acceptors (Lipinski definition) is 2. The number of nitrogens with zero attached hydrogens (tertiary/aromatic N) is 1. The Balaban J connectivity index is 2.21. The fraction of sp³-hybridized carbons (Fsp3) is 0.571. The summed E-state index contributed by atoms with van der Waals surface area (Å²) < 4.78 is 26.8. The summed E-state index contributed by atoms with van der Waals surface area (Å²) in [5, 5.41) is 0. The summed E-state index contributed by atoms with van der Waals surface area (Å²) in [4.78, 5) is 2.21. The largest absolute Gasteiger partial charge is 0.329 e. The van der Waals surface area contributed by atoms with Gasteiger partial charge in [0.15, 0.2) is 0 Å². The summed E-state index contributed by atoms with van der Waals surface area (Å²) in [5.41, 5.74) is 6.29. The molecule has 4 heteroatoms. The second-order valence-electron chi connectivity index (χ2n) is 5.16.